The zero-order valence-electron chi connectivity index (χ0n) is 17.3. The lowest BCUT2D eigenvalue weighted by atomic mass is 10.0. The Morgan fingerprint density at radius 2 is 1.83 bits per heavy atom. The van der Waals surface area contributed by atoms with Crippen LogP contribution in [-0.4, -0.2) is 32.9 Å². The minimum Gasteiger partial charge on any atom is -0.338 e. The Balaban J connectivity index is 1.51. The van der Waals surface area contributed by atoms with E-state index in [1.54, 1.807) is 6.20 Å². The minimum atomic E-state index is 0.498. The van der Waals surface area contributed by atoms with Crippen molar-refractivity contribution in [3.63, 3.8) is 0 Å². The van der Waals surface area contributed by atoms with Crippen LogP contribution in [0.15, 0.2) is 42.7 Å². The van der Waals surface area contributed by atoms with E-state index in [0.717, 1.165) is 51.6 Å². The van der Waals surface area contributed by atoms with E-state index in [-0.39, 0.29) is 0 Å². The highest BCUT2D eigenvalue weighted by Crippen LogP contribution is 2.32. The van der Waals surface area contributed by atoms with Gasteiger partial charge in [0.2, 0.25) is 0 Å². The fourth-order valence-electron chi connectivity index (χ4n) is 4.61. The van der Waals surface area contributed by atoms with Crippen LogP contribution in [0.2, 0.25) is 0 Å². The topological polar surface area (TPSA) is 68.6 Å². The van der Waals surface area contributed by atoms with E-state index in [9.17, 15) is 5.26 Å². The molecule has 1 N–H and O–H groups in total. The molecule has 5 heteroatoms. The molecule has 1 fully saturated rings. The largest absolute Gasteiger partial charge is 0.338 e. The van der Waals surface area contributed by atoms with Crippen LogP contribution in [0.3, 0.4) is 0 Å². The molecule has 0 unspecified atom stereocenters. The Bertz CT molecular complexity index is 1240. The lowest BCUT2D eigenvalue weighted by Gasteiger charge is -2.26. The first kappa shape index (κ1) is 18.8. The Hall–Kier alpha value is -3.23. The summed E-state index contributed by atoms with van der Waals surface area (Å²) in [7, 11) is 0. The fraction of sp³-hybridized carbons (Fsp3) is 0.320. The average Bonchev–Trinajstić information content (AvgIpc) is 3.17. The van der Waals surface area contributed by atoms with Crippen LogP contribution in [0.4, 0.5) is 0 Å². The van der Waals surface area contributed by atoms with Crippen LogP contribution in [0.5, 0.6) is 0 Å². The number of aryl methyl sites for hydroxylation is 1. The lowest BCUT2D eigenvalue weighted by molar-refractivity contribution is 0.221. The first-order valence-corrected chi connectivity index (χ1v) is 10.8. The summed E-state index contributed by atoms with van der Waals surface area (Å²) in [5, 5.41) is 11.6. The molecule has 1 saturated heterocycles. The van der Waals surface area contributed by atoms with Gasteiger partial charge in [-0.05, 0) is 55.1 Å². The van der Waals surface area contributed by atoms with E-state index < -0.39 is 0 Å². The maximum absolute atomic E-state index is 9.45. The Morgan fingerprint density at radius 1 is 1.03 bits per heavy atom. The summed E-state index contributed by atoms with van der Waals surface area (Å²) >= 11 is 0. The van der Waals surface area contributed by atoms with Crippen molar-refractivity contribution in [2.24, 2.45) is 0 Å². The predicted octanol–water partition coefficient (Wildman–Crippen LogP) is 5.20. The fourth-order valence-corrected chi connectivity index (χ4v) is 4.61. The molecular formula is C25H25N5. The van der Waals surface area contributed by atoms with Crippen molar-refractivity contribution in [2.45, 2.75) is 39.2 Å². The van der Waals surface area contributed by atoms with Crippen molar-refractivity contribution < 1.29 is 0 Å². The maximum atomic E-state index is 9.45. The summed E-state index contributed by atoms with van der Waals surface area (Å²) in [6.07, 6.45) is 8.42. The molecule has 0 aliphatic carbocycles. The first-order chi connectivity index (χ1) is 14.8. The van der Waals surface area contributed by atoms with E-state index >= 15 is 0 Å². The molecule has 0 amide bonds. The van der Waals surface area contributed by atoms with E-state index in [0.29, 0.717) is 5.69 Å². The molecule has 0 saturated carbocycles. The highest BCUT2D eigenvalue weighted by Gasteiger charge is 2.15. The number of fused-ring (bicyclic) bond motifs is 3. The summed E-state index contributed by atoms with van der Waals surface area (Å²) in [5.74, 6) is 0. The number of piperidine rings is 1. The van der Waals surface area contributed by atoms with Gasteiger partial charge in [-0.25, -0.2) is 9.97 Å². The van der Waals surface area contributed by atoms with Gasteiger partial charge in [-0.2, -0.15) is 5.26 Å². The van der Waals surface area contributed by atoms with Gasteiger partial charge in [0.1, 0.15) is 17.4 Å². The third-order valence-corrected chi connectivity index (χ3v) is 6.19. The molecule has 1 aliphatic heterocycles. The molecule has 4 heterocycles. The molecule has 0 bridgehead atoms. The minimum absolute atomic E-state index is 0.498. The number of hydrogen-bond donors (Lipinski definition) is 1. The van der Waals surface area contributed by atoms with Crippen LogP contribution < -0.4 is 0 Å². The summed E-state index contributed by atoms with van der Waals surface area (Å²) in [4.78, 5) is 14.9. The van der Waals surface area contributed by atoms with Crippen LogP contribution >= 0.6 is 0 Å². The predicted molar refractivity (Wildman–Crippen MR) is 120 cm³/mol. The third kappa shape index (κ3) is 3.34. The second-order valence-corrected chi connectivity index (χ2v) is 8.12. The van der Waals surface area contributed by atoms with Crippen LogP contribution in [-0.2, 0) is 13.0 Å². The second kappa shape index (κ2) is 7.89. The first-order valence-electron chi connectivity index (χ1n) is 10.8. The number of nitriles is 1. The van der Waals surface area contributed by atoms with Crippen molar-refractivity contribution in [3.8, 4) is 17.2 Å². The van der Waals surface area contributed by atoms with Gasteiger partial charge >= 0.3 is 0 Å². The van der Waals surface area contributed by atoms with Gasteiger partial charge in [-0.1, -0.05) is 37.6 Å². The SMILES string of the molecule is CCc1c(C#N)ncc2[nH]c3ncc(-c4ccc(CN5CCCCC5)cc4)cc3c12. The van der Waals surface area contributed by atoms with Crippen molar-refractivity contribution in [1.29, 1.82) is 5.26 Å². The molecule has 4 aromatic rings. The van der Waals surface area contributed by atoms with Crippen molar-refractivity contribution in [2.75, 3.05) is 13.1 Å². The molecule has 3 aromatic heterocycles. The normalized spacial score (nSPS) is 14.9. The van der Waals surface area contributed by atoms with Crippen molar-refractivity contribution >= 4 is 21.9 Å². The third-order valence-electron chi connectivity index (χ3n) is 6.19. The number of likely N-dealkylation sites (tertiary alicyclic amines) is 1. The second-order valence-electron chi connectivity index (χ2n) is 8.12. The Kier molecular flexibility index (Phi) is 4.94. The van der Waals surface area contributed by atoms with E-state index in [1.165, 1.54) is 37.9 Å². The van der Waals surface area contributed by atoms with Gasteiger partial charge < -0.3 is 4.98 Å². The number of nitrogens with zero attached hydrogens (tertiary/aromatic N) is 4. The molecule has 5 nitrogen and oxygen atoms in total. The highest BCUT2D eigenvalue weighted by atomic mass is 15.1. The lowest BCUT2D eigenvalue weighted by Crippen LogP contribution is -2.28. The van der Waals surface area contributed by atoms with Crippen LogP contribution in [0.1, 0.15) is 43.0 Å². The Labute approximate surface area is 176 Å². The number of aromatic amines is 1. The maximum Gasteiger partial charge on any atom is 0.144 e. The molecule has 0 atom stereocenters. The van der Waals surface area contributed by atoms with Crippen LogP contribution in [0, 0.1) is 11.3 Å². The number of rotatable bonds is 4. The number of aromatic nitrogens is 3. The van der Waals surface area contributed by atoms with Gasteiger partial charge in [0.25, 0.3) is 0 Å². The van der Waals surface area contributed by atoms with Crippen LogP contribution in [0.25, 0.3) is 33.1 Å². The van der Waals surface area contributed by atoms with Gasteiger partial charge in [0.15, 0.2) is 0 Å². The Morgan fingerprint density at radius 3 is 2.57 bits per heavy atom. The van der Waals surface area contributed by atoms with Gasteiger partial charge in [-0.3, -0.25) is 4.90 Å². The van der Waals surface area contributed by atoms with Gasteiger partial charge in [0.05, 0.1) is 11.7 Å². The summed E-state index contributed by atoms with van der Waals surface area (Å²) in [6, 6.07) is 13.3. The number of pyridine rings is 2. The quantitative estimate of drug-likeness (QED) is 0.516. The average molecular weight is 396 g/mol. The standard InChI is InChI=1S/C25H25N5/c1-2-20-22(13-26)27-15-23-24(20)21-12-19(14-28-25(21)29-23)18-8-6-17(7-9-18)16-30-10-4-3-5-11-30/h6-9,12,14-15H,2-5,10-11,16H2,1H3,(H,28,29). The monoisotopic (exact) mass is 395 g/mol. The highest BCUT2D eigenvalue weighted by molar-refractivity contribution is 6.08. The molecular weight excluding hydrogens is 370 g/mol. The molecule has 0 spiro atoms. The zero-order valence-corrected chi connectivity index (χ0v) is 17.3. The number of nitrogens with one attached hydrogen (secondary N) is 1. The molecule has 30 heavy (non-hydrogen) atoms. The van der Waals surface area contributed by atoms with Crippen molar-refractivity contribution in [3.05, 3.63) is 59.5 Å². The van der Waals surface area contributed by atoms with Gasteiger partial charge in [0, 0.05) is 29.1 Å². The molecule has 1 aliphatic rings. The summed E-state index contributed by atoms with van der Waals surface area (Å²) in [5.41, 5.74) is 6.86. The van der Waals surface area contributed by atoms with E-state index in [1.807, 2.05) is 6.20 Å². The molecule has 0 radical (unpaired) electrons. The number of hydrogen-bond acceptors (Lipinski definition) is 4. The number of benzene rings is 1. The molecule has 1 aromatic carbocycles. The molecule has 150 valence electrons. The smallest absolute Gasteiger partial charge is 0.144 e. The summed E-state index contributed by atoms with van der Waals surface area (Å²) in [6.45, 7) is 5.52. The van der Waals surface area contributed by atoms with Crippen molar-refractivity contribution in [1.82, 2.24) is 19.9 Å². The zero-order chi connectivity index (χ0) is 20.5. The van der Waals surface area contributed by atoms with E-state index in [4.69, 9.17) is 0 Å². The summed E-state index contributed by atoms with van der Waals surface area (Å²) < 4.78 is 0. The van der Waals surface area contributed by atoms with Gasteiger partial charge in [-0.15, -0.1) is 0 Å². The van der Waals surface area contributed by atoms with E-state index in [2.05, 4.69) is 63.2 Å². The number of H-pyrrole nitrogens is 1. The molecule has 5 rings (SSSR count).